The number of hydrogen-bond donors (Lipinski definition) is 0. The molecule has 0 radical (unpaired) electrons. The van der Waals surface area contributed by atoms with E-state index in [0.717, 1.165) is 0 Å². The molecule has 0 saturated carbocycles. The maximum atomic E-state index is 9.75. The van der Waals surface area contributed by atoms with Crippen molar-refractivity contribution in [2.24, 2.45) is 0 Å². The predicted octanol–water partition coefficient (Wildman–Crippen LogP) is 3.90. The average Bonchev–Trinajstić information content (AvgIpc) is 1.92. The van der Waals surface area contributed by atoms with Crippen LogP contribution < -0.4 is 0 Å². The zero-order valence-corrected chi connectivity index (χ0v) is 8.93. The maximum absolute atomic E-state index is 9.75. The Balaban J connectivity index is 0.000000252. The third kappa shape index (κ3) is 11.7. The molecular formula is C7H7BF4I-. The fourth-order valence-electron chi connectivity index (χ4n) is 0.533. The molecule has 0 heterocycles. The first kappa shape index (κ1) is 12.7. The quantitative estimate of drug-likeness (QED) is 0.387. The molecule has 13 heavy (non-hydrogen) atoms. The number of benzene rings is 1. The van der Waals surface area contributed by atoms with Crippen LogP contribution in [0.1, 0.15) is 5.56 Å². The van der Waals surface area contributed by atoms with Crippen molar-refractivity contribution in [1.29, 1.82) is 0 Å². The van der Waals surface area contributed by atoms with Gasteiger partial charge >= 0.3 is 7.25 Å². The van der Waals surface area contributed by atoms with Gasteiger partial charge in [0.2, 0.25) is 0 Å². The van der Waals surface area contributed by atoms with E-state index in [9.17, 15) is 17.3 Å². The van der Waals surface area contributed by atoms with Crippen LogP contribution in [0.5, 0.6) is 0 Å². The van der Waals surface area contributed by atoms with Crippen molar-refractivity contribution in [2.45, 2.75) is 6.92 Å². The summed E-state index contributed by atoms with van der Waals surface area (Å²) in [4.78, 5) is 0. The molecular weight excluding hydrogens is 298 g/mol. The molecule has 6 heteroatoms. The second kappa shape index (κ2) is 5.46. The molecule has 0 nitrogen and oxygen atoms in total. The van der Waals surface area contributed by atoms with Crippen molar-refractivity contribution >= 4 is 29.8 Å². The second-order valence-electron chi connectivity index (χ2n) is 2.29. The topological polar surface area (TPSA) is 0 Å². The molecule has 0 fully saturated rings. The lowest BCUT2D eigenvalue weighted by Crippen LogP contribution is -2.02. The maximum Gasteiger partial charge on any atom is 0.673 e. The van der Waals surface area contributed by atoms with Crippen LogP contribution in [0, 0.1) is 10.5 Å². The minimum atomic E-state index is -6.00. The molecule has 0 atom stereocenters. The van der Waals surface area contributed by atoms with E-state index >= 15 is 0 Å². The van der Waals surface area contributed by atoms with E-state index in [4.69, 9.17) is 0 Å². The van der Waals surface area contributed by atoms with Crippen molar-refractivity contribution in [3.63, 3.8) is 0 Å². The van der Waals surface area contributed by atoms with E-state index in [2.05, 4.69) is 53.8 Å². The zero-order chi connectivity index (χ0) is 10.5. The van der Waals surface area contributed by atoms with Crippen LogP contribution in [-0.2, 0) is 0 Å². The summed E-state index contributed by atoms with van der Waals surface area (Å²) in [6.07, 6.45) is 0. The molecule has 0 N–H and O–H groups in total. The molecule has 0 aliphatic heterocycles. The Hall–Kier alpha value is -0.265. The molecule has 0 saturated heterocycles. The van der Waals surface area contributed by atoms with Gasteiger partial charge in [-0.25, -0.2) is 0 Å². The Kier molecular flexibility index (Phi) is 5.35. The first-order valence-electron chi connectivity index (χ1n) is 3.38. The summed E-state index contributed by atoms with van der Waals surface area (Å²) in [5.41, 5.74) is 1.32. The number of rotatable bonds is 0. The Labute approximate surface area is 87.6 Å². The van der Waals surface area contributed by atoms with Crippen LogP contribution in [0.4, 0.5) is 17.3 Å². The van der Waals surface area contributed by atoms with Gasteiger partial charge in [-0.1, -0.05) is 17.7 Å². The Bertz CT molecular complexity index is 217. The third-order valence-electron chi connectivity index (χ3n) is 1.01. The van der Waals surface area contributed by atoms with Crippen molar-refractivity contribution in [1.82, 2.24) is 0 Å². The molecule has 1 aromatic rings. The van der Waals surface area contributed by atoms with Crippen molar-refractivity contribution in [2.75, 3.05) is 0 Å². The molecule has 0 spiro atoms. The van der Waals surface area contributed by atoms with Crippen LogP contribution in [-0.4, -0.2) is 7.25 Å². The highest BCUT2D eigenvalue weighted by molar-refractivity contribution is 14.1. The van der Waals surface area contributed by atoms with Crippen LogP contribution in [0.2, 0.25) is 0 Å². The molecule has 0 bridgehead atoms. The molecule has 0 aliphatic rings. The number of aryl methyl sites for hydroxylation is 1. The first-order chi connectivity index (χ1) is 5.79. The summed E-state index contributed by atoms with van der Waals surface area (Å²) in [5, 5.41) is 0. The fraction of sp³-hybridized carbons (Fsp3) is 0.143. The Morgan fingerprint density at radius 3 is 1.54 bits per heavy atom. The fourth-order valence-corrected chi connectivity index (χ4v) is 0.893. The van der Waals surface area contributed by atoms with Gasteiger partial charge in [-0.05, 0) is 41.6 Å². The van der Waals surface area contributed by atoms with Crippen molar-refractivity contribution < 1.29 is 17.3 Å². The van der Waals surface area contributed by atoms with Crippen molar-refractivity contribution in [3.05, 3.63) is 33.4 Å². The molecule has 1 rings (SSSR count). The van der Waals surface area contributed by atoms with Crippen LogP contribution in [0.25, 0.3) is 0 Å². The number of hydrogen-bond acceptors (Lipinski definition) is 0. The summed E-state index contributed by atoms with van der Waals surface area (Å²) in [6, 6.07) is 8.44. The van der Waals surface area contributed by atoms with Gasteiger partial charge in [0.15, 0.2) is 0 Å². The highest BCUT2D eigenvalue weighted by Gasteiger charge is 2.20. The first-order valence-corrected chi connectivity index (χ1v) is 4.46. The molecule has 74 valence electrons. The summed E-state index contributed by atoms with van der Waals surface area (Å²) in [5.74, 6) is 0. The molecule has 0 unspecified atom stereocenters. The summed E-state index contributed by atoms with van der Waals surface area (Å²) < 4.78 is 40.3. The van der Waals surface area contributed by atoms with Gasteiger partial charge in [0.1, 0.15) is 0 Å². The van der Waals surface area contributed by atoms with Crippen molar-refractivity contribution in [3.8, 4) is 0 Å². The van der Waals surface area contributed by atoms with Gasteiger partial charge in [0, 0.05) is 3.57 Å². The van der Waals surface area contributed by atoms with E-state index in [1.54, 1.807) is 0 Å². The van der Waals surface area contributed by atoms with Gasteiger partial charge in [-0.2, -0.15) is 0 Å². The van der Waals surface area contributed by atoms with E-state index in [1.165, 1.54) is 9.13 Å². The predicted molar refractivity (Wildman–Crippen MR) is 54.1 cm³/mol. The Morgan fingerprint density at radius 1 is 1.00 bits per heavy atom. The van der Waals surface area contributed by atoms with Crippen LogP contribution in [0.15, 0.2) is 24.3 Å². The summed E-state index contributed by atoms with van der Waals surface area (Å²) in [6.45, 7) is 2.09. The largest absolute Gasteiger partial charge is 0.673 e. The van der Waals surface area contributed by atoms with Gasteiger partial charge < -0.3 is 17.3 Å². The van der Waals surface area contributed by atoms with E-state index in [1.807, 2.05) is 0 Å². The van der Waals surface area contributed by atoms with E-state index in [-0.39, 0.29) is 0 Å². The molecule has 0 amide bonds. The average molecular weight is 305 g/mol. The monoisotopic (exact) mass is 305 g/mol. The molecule has 0 aliphatic carbocycles. The standard InChI is InChI=1S/C7H7I.BF4/c1-6-2-4-7(8)5-3-6;2-1(3,4)5/h2-5H,1H3;/q;-1. The summed E-state index contributed by atoms with van der Waals surface area (Å²) >= 11 is 2.30. The minimum Gasteiger partial charge on any atom is -0.418 e. The van der Waals surface area contributed by atoms with Gasteiger partial charge in [-0.15, -0.1) is 0 Å². The lowest BCUT2D eigenvalue weighted by atomic mass is 10.2. The smallest absolute Gasteiger partial charge is 0.418 e. The van der Waals surface area contributed by atoms with Gasteiger partial charge in [0.05, 0.1) is 0 Å². The normalized spacial score (nSPS) is 10.3. The third-order valence-corrected chi connectivity index (χ3v) is 1.73. The SMILES string of the molecule is Cc1ccc(I)cc1.F[B-](F)(F)F. The molecule has 1 aromatic carbocycles. The highest BCUT2D eigenvalue weighted by Crippen LogP contribution is 2.06. The lowest BCUT2D eigenvalue weighted by Gasteiger charge is -1.94. The minimum absolute atomic E-state index is 1.30. The van der Waals surface area contributed by atoms with Crippen LogP contribution in [0.3, 0.4) is 0 Å². The second-order valence-corrected chi connectivity index (χ2v) is 3.54. The lowest BCUT2D eigenvalue weighted by molar-refractivity contribution is 0.368. The zero-order valence-electron chi connectivity index (χ0n) is 6.78. The summed E-state index contributed by atoms with van der Waals surface area (Å²) in [7, 11) is -6.00. The van der Waals surface area contributed by atoms with Crippen LogP contribution >= 0.6 is 22.6 Å². The van der Waals surface area contributed by atoms with Gasteiger partial charge in [0.25, 0.3) is 0 Å². The van der Waals surface area contributed by atoms with Gasteiger partial charge in [-0.3, -0.25) is 0 Å². The van der Waals surface area contributed by atoms with E-state index in [0.29, 0.717) is 0 Å². The highest BCUT2D eigenvalue weighted by atomic mass is 127. The Morgan fingerprint density at radius 2 is 1.31 bits per heavy atom. The molecule has 0 aromatic heterocycles. The number of halogens is 5. The van der Waals surface area contributed by atoms with E-state index < -0.39 is 7.25 Å².